The Labute approximate surface area is 72.3 Å². The van der Waals surface area contributed by atoms with Gasteiger partial charge in [0.25, 0.3) is 11.4 Å². The molecule has 0 saturated carbocycles. The van der Waals surface area contributed by atoms with Crippen LogP contribution in [0.3, 0.4) is 0 Å². The molecule has 0 aliphatic heterocycles. The minimum absolute atomic E-state index is 0.729. The maximum absolute atomic E-state index is 10.0. The van der Waals surface area contributed by atoms with E-state index in [9.17, 15) is 4.79 Å². The molecule has 0 amide bonds. The van der Waals surface area contributed by atoms with Gasteiger partial charge < -0.3 is 0 Å². The largest absolute Gasteiger partial charge is 0.299 e. The summed E-state index contributed by atoms with van der Waals surface area (Å²) in [5.74, 6) is 0. The van der Waals surface area contributed by atoms with Crippen molar-refractivity contribution in [3.63, 3.8) is 0 Å². The molecule has 0 aliphatic rings. The molecule has 0 heterocycles. The Morgan fingerprint density at radius 1 is 1.17 bits per heavy atom. The van der Waals surface area contributed by atoms with Crippen molar-refractivity contribution < 1.29 is 18.1 Å². The molecule has 1 aromatic rings. The van der Waals surface area contributed by atoms with E-state index >= 15 is 0 Å². The van der Waals surface area contributed by atoms with Crippen LogP contribution >= 0.6 is 0 Å². The number of hydrogen-bond acceptors (Lipinski definition) is 2. The molecule has 0 aromatic heterocycles. The average molecular weight is 188 g/mol. The second-order valence-corrected chi connectivity index (χ2v) is 2.22. The summed E-state index contributed by atoms with van der Waals surface area (Å²) in [6, 6.07) is 9.10. The first-order valence-electron chi connectivity index (χ1n) is 2.97. The van der Waals surface area contributed by atoms with Crippen molar-refractivity contribution in [1.82, 2.24) is 0 Å². The minimum Gasteiger partial charge on any atom is -0.298 e. The summed E-state index contributed by atoms with van der Waals surface area (Å²) in [6.07, 6.45) is 0.833. The molecular weight excluding hydrogens is 180 g/mol. The topological polar surface area (TPSA) is 74.6 Å². The first-order valence-corrected chi connectivity index (χ1v) is 4.03. The number of hydrogen-bond donors (Lipinski definition) is 2. The van der Waals surface area contributed by atoms with Gasteiger partial charge in [-0.25, -0.2) is 0 Å². The lowest BCUT2D eigenvalue weighted by atomic mass is 10.2. The van der Waals surface area contributed by atoms with Gasteiger partial charge in [-0.3, -0.25) is 13.9 Å². The highest BCUT2D eigenvalue weighted by molar-refractivity contribution is 7.73. The average Bonchev–Trinajstić information content (AvgIpc) is 2.05. The van der Waals surface area contributed by atoms with Crippen molar-refractivity contribution in [2.45, 2.75) is 0 Å². The van der Waals surface area contributed by atoms with Crippen LogP contribution in [0.15, 0.2) is 30.3 Å². The molecule has 2 N–H and O–H groups in total. The highest BCUT2D eigenvalue weighted by atomic mass is 32.2. The van der Waals surface area contributed by atoms with Crippen LogP contribution in [0.25, 0.3) is 0 Å². The van der Waals surface area contributed by atoms with Crippen LogP contribution in [-0.4, -0.2) is 19.6 Å². The summed E-state index contributed by atoms with van der Waals surface area (Å²) in [6.45, 7) is 0. The van der Waals surface area contributed by atoms with Crippen LogP contribution in [0.2, 0.25) is 0 Å². The SMILES string of the molecule is O=Cc1ccccc1.O=S(O)O. The summed E-state index contributed by atoms with van der Waals surface area (Å²) in [7, 11) is 0. The van der Waals surface area contributed by atoms with Crippen LogP contribution in [0.4, 0.5) is 0 Å². The van der Waals surface area contributed by atoms with Crippen LogP contribution in [0, 0.1) is 0 Å². The zero-order chi connectivity index (χ0) is 9.40. The Balaban J connectivity index is 0.000000261. The number of carbonyl (C=O) groups excluding carboxylic acids is 1. The van der Waals surface area contributed by atoms with Crippen molar-refractivity contribution in [3.05, 3.63) is 35.9 Å². The molecule has 0 saturated heterocycles. The zero-order valence-electron chi connectivity index (χ0n) is 6.08. The zero-order valence-corrected chi connectivity index (χ0v) is 6.90. The van der Waals surface area contributed by atoms with Crippen molar-refractivity contribution in [2.24, 2.45) is 0 Å². The second-order valence-electron chi connectivity index (χ2n) is 1.76. The third-order valence-corrected chi connectivity index (χ3v) is 0.936. The standard InChI is InChI=1S/C7H6O.H2O3S/c8-6-7-4-2-1-3-5-7;1-4(2)3/h1-6H;(H2,1,2,3). The van der Waals surface area contributed by atoms with Gasteiger partial charge in [0.05, 0.1) is 0 Å². The van der Waals surface area contributed by atoms with E-state index in [1.54, 1.807) is 12.1 Å². The second kappa shape index (κ2) is 6.66. The van der Waals surface area contributed by atoms with Crippen LogP contribution < -0.4 is 0 Å². The molecule has 12 heavy (non-hydrogen) atoms. The monoisotopic (exact) mass is 188 g/mol. The summed E-state index contributed by atoms with van der Waals surface area (Å²) in [4.78, 5) is 10.0. The first-order chi connectivity index (χ1) is 5.66. The maximum atomic E-state index is 10.0. The summed E-state index contributed by atoms with van der Waals surface area (Å²) < 4.78 is 22.8. The van der Waals surface area contributed by atoms with E-state index in [1.165, 1.54) is 0 Å². The van der Waals surface area contributed by atoms with E-state index in [1.807, 2.05) is 18.2 Å². The smallest absolute Gasteiger partial charge is 0.298 e. The first kappa shape index (κ1) is 11.0. The maximum Gasteiger partial charge on any atom is 0.299 e. The van der Waals surface area contributed by atoms with Gasteiger partial charge in [-0.2, -0.15) is 4.21 Å². The number of aldehydes is 1. The molecule has 0 atom stereocenters. The molecule has 0 unspecified atom stereocenters. The van der Waals surface area contributed by atoms with Gasteiger partial charge >= 0.3 is 0 Å². The molecule has 66 valence electrons. The molecule has 5 heteroatoms. The Hall–Kier alpha value is -1.04. The van der Waals surface area contributed by atoms with Gasteiger partial charge in [-0.05, 0) is 0 Å². The highest BCUT2D eigenvalue weighted by Gasteiger charge is 1.79. The number of carbonyl (C=O) groups is 1. The Morgan fingerprint density at radius 3 is 1.83 bits per heavy atom. The van der Waals surface area contributed by atoms with E-state index < -0.39 is 11.4 Å². The Morgan fingerprint density at radius 2 is 1.58 bits per heavy atom. The van der Waals surface area contributed by atoms with Crippen LogP contribution in [0.1, 0.15) is 10.4 Å². The summed E-state index contributed by atoms with van der Waals surface area (Å²) in [5.41, 5.74) is 0.729. The molecule has 1 aromatic carbocycles. The van der Waals surface area contributed by atoms with E-state index in [0.717, 1.165) is 11.8 Å². The van der Waals surface area contributed by atoms with Crippen LogP contribution in [0.5, 0.6) is 0 Å². The normalized spacial score (nSPS) is 8.58. The highest BCUT2D eigenvalue weighted by Crippen LogP contribution is 1.91. The van der Waals surface area contributed by atoms with Gasteiger partial charge in [0.1, 0.15) is 6.29 Å². The summed E-state index contributed by atoms with van der Waals surface area (Å²) >= 11 is -2.61. The molecule has 0 spiro atoms. The van der Waals surface area contributed by atoms with E-state index in [2.05, 4.69) is 0 Å². The summed E-state index contributed by atoms with van der Waals surface area (Å²) in [5, 5.41) is 0. The lowest BCUT2D eigenvalue weighted by Gasteiger charge is -1.81. The molecule has 0 bridgehead atoms. The van der Waals surface area contributed by atoms with Crippen molar-refractivity contribution in [3.8, 4) is 0 Å². The number of rotatable bonds is 1. The Kier molecular flexibility index (Phi) is 6.08. The Bertz CT molecular complexity index is 243. The van der Waals surface area contributed by atoms with Gasteiger partial charge in [-0.15, -0.1) is 0 Å². The lowest BCUT2D eigenvalue weighted by Crippen LogP contribution is -1.74. The van der Waals surface area contributed by atoms with Crippen molar-refractivity contribution in [1.29, 1.82) is 0 Å². The van der Waals surface area contributed by atoms with Crippen molar-refractivity contribution in [2.75, 3.05) is 0 Å². The van der Waals surface area contributed by atoms with Gasteiger partial charge in [0.15, 0.2) is 0 Å². The predicted molar refractivity (Wildman–Crippen MR) is 45.2 cm³/mol. The van der Waals surface area contributed by atoms with Gasteiger partial charge in [0.2, 0.25) is 0 Å². The molecule has 0 radical (unpaired) electrons. The van der Waals surface area contributed by atoms with E-state index in [-0.39, 0.29) is 0 Å². The molecule has 0 fully saturated rings. The fraction of sp³-hybridized carbons (Fsp3) is 0. The third kappa shape index (κ3) is 7.07. The molecule has 1 rings (SSSR count). The van der Waals surface area contributed by atoms with Gasteiger partial charge in [0, 0.05) is 5.56 Å². The number of benzene rings is 1. The quantitative estimate of drug-likeness (QED) is 0.512. The van der Waals surface area contributed by atoms with Crippen LogP contribution in [-0.2, 0) is 11.4 Å². The molecule has 4 nitrogen and oxygen atoms in total. The lowest BCUT2D eigenvalue weighted by molar-refractivity contribution is 0.112. The van der Waals surface area contributed by atoms with E-state index in [4.69, 9.17) is 13.3 Å². The van der Waals surface area contributed by atoms with E-state index in [0.29, 0.717) is 0 Å². The third-order valence-electron chi connectivity index (χ3n) is 0.936. The van der Waals surface area contributed by atoms with Crippen molar-refractivity contribution >= 4 is 17.6 Å². The fourth-order valence-electron chi connectivity index (χ4n) is 0.532. The van der Waals surface area contributed by atoms with Gasteiger partial charge in [-0.1, -0.05) is 30.3 Å². The fourth-order valence-corrected chi connectivity index (χ4v) is 0.532. The molecule has 0 aliphatic carbocycles. The minimum atomic E-state index is -2.61. The predicted octanol–water partition coefficient (Wildman–Crippen LogP) is 1.18. The molecular formula is C7H8O4S.